The van der Waals surface area contributed by atoms with Crippen LogP contribution in [-0.2, 0) is 14.3 Å². The maximum Gasteiger partial charge on any atom is 0.163 e. The highest BCUT2D eigenvalue weighted by molar-refractivity contribution is 5.95. The molecule has 0 aromatic heterocycles. The highest BCUT2D eigenvalue weighted by Gasteiger charge is 2.67. The summed E-state index contributed by atoms with van der Waals surface area (Å²) < 4.78 is 12.2. The zero-order valence-electron chi connectivity index (χ0n) is 16.8. The summed E-state index contributed by atoms with van der Waals surface area (Å²) in [5.74, 6) is -0.395. The van der Waals surface area contributed by atoms with Crippen molar-refractivity contribution in [2.24, 2.45) is 22.7 Å². The Morgan fingerprint density at radius 3 is 2.48 bits per heavy atom. The summed E-state index contributed by atoms with van der Waals surface area (Å²) in [6.07, 6.45) is 5.54. The molecule has 5 nitrogen and oxygen atoms in total. The number of rotatable bonds is 0. The number of aliphatic hydroxyl groups excluding tert-OH is 1. The highest BCUT2D eigenvalue weighted by Crippen LogP contribution is 2.66. The molecule has 4 aliphatic carbocycles. The first kappa shape index (κ1) is 18.3. The lowest BCUT2D eigenvalue weighted by Crippen LogP contribution is -2.60. The summed E-state index contributed by atoms with van der Waals surface area (Å²) in [7, 11) is 0. The van der Waals surface area contributed by atoms with Crippen LogP contribution in [0.3, 0.4) is 0 Å². The van der Waals surface area contributed by atoms with Gasteiger partial charge in [-0.3, -0.25) is 4.79 Å². The van der Waals surface area contributed by atoms with Crippen molar-refractivity contribution < 1.29 is 24.5 Å². The Kier molecular flexibility index (Phi) is 3.55. The van der Waals surface area contributed by atoms with E-state index in [4.69, 9.17) is 9.47 Å². The number of hydrogen-bond acceptors (Lipinski definition) is 5. The molecule has 1 saturated heterocycles. The number of ether oxygens (including phenoxy) is 2. The van der Waals surface area contributed by atoms with Crippen molar-refractivity contribution in [3.8, 4) is 0 Å². The van der Waals surface area contributed by atoms with Gasteiger partial charge in [-0.05, 0) is 75.4 Å². The van der Waals surface area contributed by atoms with Crippen molar-refractivity contribution >= 4 is 5.78 Å². The van der Waals surface area contributed by atoms with E-state index in [1.54, 1.807) is 6.08 Å². The van der Waals surface area contributed by atoms with E-state index in [9.17, 15) is 15.0 Å². The molecule has 0 spiro atoms. The van der Waals surface area contributed by atoms with Gasteiger partial charge in [0.05, 0.1) is 23.9 Å². The molecule has 0 amide bonds. The number of allylic oxidation sites excluding steroid dienone is 1. The first-order chi connectivity index (χ1) is 12.5. The molecule has 4 fully saturated rings. The number of carbonyl (C=O) groups is 1. The smallest absolute Gasteiger partial charge is 0.163 e. The van der Waals surface area contributed by atoms with Crippen LogP contribution >= 0.6 is 0 Å². The zero-order chi connectivity index (χ0) is 19.4. The van der Waals surface area contributed by atoms with E-state index in [1.165, 1.54) is 0 Å². The monoisotopic (exact) mass is 376 g/mol. The molecule has 8 atom stereocenters. The number of hydrogen-bond donors (Lipinski definition) is 2. The van der Waals surface area contributed by atoms with Crippen molar-refractivity contribution in [2.45, 2.75) is 95.9 Å². The average molecular weight is 376 g/mol. The van der Waals surface area contributed by atoms with Gasteiger partial charge in [0.2, 0.25) is 0 Å². The van der Waals surface area contributed by atoms with E-state index in [0.29, 0.717) is 19.3 Å². The number of carbonyl (C=O) groups excluding carboxylic acids is 1. The molecule has 3 saturated carbocycles. The van der Waals surface area contributed by atoms with Gasteiger partial charge >= 0.3 is 0 Å². The summed E-state index contributed by atoms with van der Waals surface area (Å²) in [4.78, 5) is 13.2. The Bertz CT molecular complexity index is 728. The minimum atomic E-state index is -1.07. The fourth-order valence-electron chi connectivity index (χ4n) is 7.30. The molecule has 1 heterocycles. The first-order valence-corrected chi connectivity index (χ1v) is 10.5. The maximum atomic E-state index is 13.2. The molecule has 5 heteroatoms. The highest BCUT2D eigenvalue weighted by atomic mass is 16.7. The first-order valence-electron chi connectivity index (χ1n) is 10.5. The minimum absolute atomic E-state index is 0.00511. The van der Waals surface area contributed by atoms with Crippen LogP contribution < -0.4 is 0 Å². The van der Waals surface area contributed by atoms with E-state index in [2.05, 4.69) is 6.92 Å². The van der Waals surface area contributed by atoms with Gasteiger partial charge in [-0.1, -0.05) is 13.8 Å². The Balaban J connectivity index is 1.56. The molecule has 5 aliphatic rings. The zero-order valence-corrected chi connectivity index (χ0v) is 16.8. The predicted molar refractivity (Wildman–Crippen MR) is 98.8 cm³/mol. The van der Waals surface area contributed by atoms with Crippen LogP contribution in [0.25, 0.3) is 0 Å². The lowest BCUT2D eigenvalue weighted by Gasteiger charge is -2.59. The summed E-state index contributed by atoms with van der Waals surface area (Å²) in [6, 6.07) is 0. The van der Waals surface area contributed by atoms with Crippen LogP contribution in [0.2, 0.25) is 0 Å². The summed E-state index contributed by atoms with van der Waals surface area (Å²) in [5, 5.41) is 22.3. The third-order valence-electron chi connectivity index (χ3n) is 8.89. The molecule has 2 N–H and O–H groups in total. The SMILES string of the molecule is CC1(C)O[C@H]2C[C@@]3(C)[C@@H](C[C@H]2O1)C(=O)C=C1[C@@H]3CC[C@]2(C)[C@@H](O)CC[C@@]12O. The van der Waals surface area contributed by atoms with Gasteiger partial charge in [-0.25, -0.2) is 0 Å². The van der Waals surface area contributed by atoms with Gasteiger partial charge in [-0.2, -0.15) is 0 Å². The largest absolute Gasteiger partial charge is 0.392 e. The van der Waals surface area contributed by atoms with Crippen LogP contribution in [0.5, 0.6) is 0 Å². The number of ketones is 1. The lowest BCUT2D eigenvalue weighted by atomic mass is 9.47. The second-order valence-electron chi connectivity index (χ2n) is 10.6. The van der Waals surface area contributed by atoms with E-state index >= 15 is 0 Å². The molecule has 0 aromatic rings. The van der Waals surface area contributed by atoms with Crippen molar-refractivity contribution in [3.63, 3.8) is 0 Å². The Labute approximate surface area is 161 Å². The second kappa shape index (κ2) is 5.24. The van der Waals surface area contributed by atoms with E-state index in [1.807, 2.05) is 20.8 Å². The van der Waals surface area contributed by atoms with E-state index in [0.717, 1.165) is 24.8 Å². The summed E-state index contributed by atoms with van der Waals surface area (Å²) >= 11 is 0. The topological polar surface area (TPSA) is 76.0 Å². The third kappa shape index (κ3) is 2.17. The van der Waals surface area contributed by atoms with Crippen molar-refractivity contribution in [1.29, 1.82) is 0 Å². The van der Waals surface area contributed by atoms with Gasteiger partial charge in [0, 0.05) is 11.3 Å². The van der Waals surface area contributed by atoms with Crippen molar-refractivity contribution in [2.75, 3.05) is 0 Å². The van der Waals surface area contributed by atoms with Crippen LogP contribution in [0.15, 0.2) is 11.6 Å². The molecular weight excluding hydrogens is 344 g/mol. The molecule has 0 unspecified atom stereocenters. The summed E-state index contributed by atoms with van der Waals surface area (Å²) in [6.45, 7) is 8.10. The molecule has 27 heavy (non-hydrogen) atoms. The van der Waals surface area contributed by atoms with Crippen LogP contribution in [-0.4, -0.2) is 45.7 Å². The molecule has 5 rings (SSSR count). The normalized spacial score (nSPS) is 56.0. The second-order valence-corrected chi connectivity index (χ2v) is 10.6. The van der Waals surface area contributed by atoms with Crippen molar-refractivity contribution in [1.82, 2.24) is 0 Å². The lowest BCUT2D eigenvalue weighted by molar-refractivity contribution is -0.148. The molecule has 1 aliphatic heterocycles. The third-order valence-corrected chi connectivity index (χ3v) is 8.89. The van der Waals surface area contributed by atoms with Gasteiger partial charge in [-0.15, -0.1) is 0 Å². The van der Waals surface area contributed by atoms with Crippen LogP contribution in [0.4, 0.5) is 0 Å². The van der Waals surface area contributed by atoms with Crippen LogP contribution in [0, 0.1) is 22.7 Å². The molecule has 0 bridgehead atoms. The molecule has 0 radical (unpaired) electrons. The van der Waals surface area contributed by atoms with Gasteiger partial charge < -0.3 is 19.7 Å². The Morgan fingerprint density at radius 1 is 1.04 bits per heavy atom. The fourth-order valence-corrected chi connectivity index (χ4v) is 7.30. The van der Waals surface area contributed by atoms with Crippen LogP contribution in [0.1, 0.15) is 66.2 Å². The predicted octanol–water partition coefficient (Wildman–Crippen LogP) is 2.73. The Hall–Kier alpha value is -0.750. The Morgan fingerprint density at radius 2 is 1.74 bits per heavy atom. The standard InChI is InChI=1S/C22H32O5/c1-19(2)26-16-10-14-15(23)9-13-12(20(14,3)11-17(16)27-19)5-7-21(4)18(24)6-8-22(13,21)25/h9,12,14,16-18,24-25H,5-8,10-11H2,1-4H3/t12-,14-,16+,17-,18-,20+,21+,22+/m0/s1. The number of fused-ring (bicyclic) bond motifs is 6. The van der Waals surface area contributed by atoms with Gasteiger partial charge in [0.25, 0.3) is 0 Å². The van der Waals surface area contributed by atoms with E-state index < -0.39 is 22.9 Å². The summed E-state index contributed by atoms with van der Waals surface area (Å²) in [5.41, 5.74) is -0.961. The van der Waals surface area contributed by atoms with E-state index in [-0.39, 0.29) is 35.2 Å². The fraction of sp³-hybridized carbons (Fsp3) is 0.864. The average Bonchev–Trinajstić information content (AvgIpc) is 2.99. The van der Waals surface area contributed by atoms with Gasteiger partial charge in [0.1, 0.15) is 0 Å². The molecule has 0 aromatic carbocycles. The van der Waals surface area contributed by atoms with Crippen molar-refractivity contribution in [3.05, 3.63) is 11.6 Å². The maximum absolute atomic E-state index is 13.2. The minimum Gasteiger partial charge on any atom is -0.392 e. The van der Waals surface area contributed by atoms with Gasteiger partial charge in [0.15, 0.2) is 11.6 Å². The number of aliphatic hydroxyl groups is 2. The molecule has 150 valence electrons. The molecular formula is C22H32O5. The quantitative estimate of drug-likeness (QED) is 0.680.